The lowest BCUT2D eigenvalue weighted by atomic mass is 9.80. The van der Waals surface area contributed by atoms with Gasteiger partial charge >= 0.3 is 15.6 Å². The zero-order valence-corrected chi connectivity index (χ0v) is 47.7. The van der Waals surface area contributed by atoms with E-state index in [0.717, 1.165) is 68.9 Å². The number of rotatable bonds is 8. The summed E-state index contributed by atoms with van der Waals surface area (Å²) in [4.78, 5) is 23.5. The highest BCUT2D eigenvalue weighted by Crippen LogP contribution is 2.59. The van der Waals surface area contributed by atoms with E-state index in [1.165, 1.54) is 22.3 Å². The molecule has 0 fully saturated rings. The number of benzene rings is 4. The number of hydrogen-bond acceptors (Lipinski definition) is 7. The SMILES string of the molecule is CC(C)Cc1cc2c(c(C(C)(C)C)c1)OP(=O)(O)Oc1c(cc(CC(C)C)cc1C(C)(C)C)C2.CC(C)Cc1cc2c(c(C(C)(C)C)c1)OP(=O)(O)Oc1c(cc(CC(C)C)cc1C(C)(C)C)S2. The Labute approximate surface area is 415 Å². The summed E-state index contributed by atoms with van der Waals surface area (Å²) in [5.74, 6) is 3.88. The predicted octanol–water partition coefficient (Wildman–Crippen LogP) is 16.8. The summed E-state index contributed by atoms with van der Waals surface area (Å²) >= 11 is 1.58. The molecule has 0 saturated heterocycles. The molecule has 11 heteroatoms. The van der Waals surface area contributed by atoms with Crippen molar-refractivity contribution in [3.05, 3.63) is 104 Å². The van der Waals surface area contributed by atoms with Crippen LogP contribution < -0.4 is 18.1 Å². The first-order valence-electron chi connectivity index (χ1n) is 24.7. The molecule has 68 heavy (non-hydrogen) atoms. The highest BCUT2D eigenvalue weighted by atomic mass is 32.2. The van der Waals surface area contributed by atoms with Gasteiger partial charge in [0.1, 0.15) is 23.0 Å². The fraction of sp³-hybridized carbons (Fsp3) is 0.579. The van der Waals surface area contributed by atoms with E-state index in [4.69, 9.17) is 18.1 Å². The average Bonchev–Trinajstić information content (AvgIpc) is 3.11. The minimum Gasteiger partial charge on any atom is -0.395 e. The van der Waals surface area contributed by atoms with Crippen LogP contribution in [0.5, 0.6) is 23.0 Å². The van der Waals surface area contributed by atoms with Crippen molar-refractivity contribution in [2.24, 2.45) is 23.7 Å². The molecule has 2 aliphatic heterocycles. The van der Waals surface area contributed by atoms with Gasteiger partial charge in [-0.1, -0.05) is 187 Å². The molecular formula is C57H84O8P2S. The van der Waals surface area contributed by atoms with Crippen LogP contribution in [0.1, 0.15) is 194 Å². The van der Waals surface area contributed by atoms with Crippen LogP contribution in [0.2, 0.25) is 0 Å². The molecule has 2 heterocycles. The van der Waals surface area contributed by atoms with Gasteiger partial charge < -0.3 is 18.1 Å². The smallest absolute Gasteiger partial charge is 0.395 e. The van der Waals surface area contributed by atoms with Crippen molar-refractivity contribution in [3.63, 3.8) is 0 Å². The summed E-state index contributed by atoms with van der Waals surface area (Å²) in [5, 5.41) is 0. The lowest BCUT2D eigenvalue weighted by Gasteiger charge is -2.32. The molecule has 6 rings (SSSR count). The van der Waals surface area contributed by atoms with Crippen LogP contribution in [0.3, 0.4) is 0 Å². The van der Waals surface area contributed by atoms with E-state index >= 15 is 0 Å². The fourth-order valence-electron chi connectivity index (χ4n) is 9.05. The minimum absolute atomic E-state index is 0.255. The Bertz CT molecular complexity index is 2220. The second-order valence-electron chi connectivity index (χ2n) is 25.2. The van der Waals surface area contributed by atoms with Crippen molar-refractivity contribution >= 4 is 27.4 Å². The molecule has 2 N–H and O–H groups in total. The summed E-state index contributed by atoms with van der Waals surface area (Å²) in [5.41, 5.74) is 9.45. The van der Waals surface area contributed by atoms with E-state index in [9.17, 15) is 18.9 Å². The maximum atomic E-state index is 13.3. The standard InChI is InChI=1S/C29H43O4P.C28H41O4PS/c1-18(2)11-20-13-22-17-23-14-21(12-19(3)4)16-25(29(8,9)10)27(23)33-34(30,31)32-26(22)24(15-20)28(5,6)7;1-17(2)11-19-13-21(27(5,6)7)25-23(15-19)34-24-16-20(12-18(3)4)14-22(28(8,9)10)26(24)32-33(29,30)31-25/h13-16,18-19H,11-12,17H2,1-10H3,(H,30,31);13-18H,11-12H2,1-10H3,(H,29,30). The molecule has 0 spiro atoms. The lowest BCUT2D eigenvalue weighted by Crippen LogP contribution is -2.20. The molecule has 0 aliphatic carbocycles. The van der Waals surface area contributed by atoms with E-state index in [2.05, 4.69) is 187 Å². The Kier molecular flexibility index (Phi) is 16.8. The van der Waals surface area contributed by atoms with Crippen LogP contribution in [-0.4, -0.2) is 9.79 Å². The number of phosphoric acid groups is 2. The molecule has 0 atom stereocenters. The maximum absolute atomic E-state index is 13.3. The van der Waals surface area contributed by atoms with Gasteiger partial charge in [0.2, 0.25) is 0 Å². The predicted molar refractivity (Wildman–Crippen MR) is 284 cm³/mol. The van der Waals surface area contributed by atoms with Crippen molar-refractivity contribution in [1.82, 2.24) is 0 Å². The second kappa shape index (κ2) is 20.5. The van der Waals surface area contributed by atoms with Crippen molar-refractivity contribution in [2.45, 2.75) is 202 Å². The first kappa shape index (κ1) is 55.7. The van der Waals surface area contributed by atoms with Crippen molar-refractivity contribution in [3.8, 4) is 23.0 Å². The van der Waals surface area contributed by atoms with E-state index < -0.39 is 15.6 Å². The van der Waals surface area contributed by atoms with Crippen LogP contribution in [0.4, 0.5) is 0 Å². The van der Waals surface area contributed by atoms with Gasteiger partial charge in [0, 0.05) is 28.7 Å². The first-order chi connectivity index (χ1) is 30.9. The fourth-order valence-corrected chi connectivity index (χ4v) is 12.1. The molecular weight excluding hydrogens is 907 g/mol. The summed E-state index contributed by atoms with van der Waals surface area (Å²) in [6.45, 7) is 42.9. The van der Waals surface area contributed by atoms with Gasteiger partial charge in [0.25, 0.3) is 0 Å². The molecule has 4 aromatic rings. The highest BCUT2D eigenvalue weighted by molar-refractivity contribution is 7.99. The number of fused-ring (bicyclic) bond motifs is 4. The van der Waals surface area contributed by atoms with E-state index in [-0.39, 0.29) is 21.7 Å². The van der Waals surface area contributed by atoms with Gasteiger partial charge in [-0.3, -0.25) is 9.79 Å². The Morgan fingerprint density at radius 3 is 0.912 bits per heavy atom. The zero-order chi connectivity index (χ0) is 51.3. The van der Waals surface area contributed by atoms with Crippen molar-refractivity contribution < 1.29 is 37.0 Å². The molecule has 0 radical (unpaired) electrons. The van der Waals surface area contributed by atoms with Crippen molar-refractivity contribution in [1.29, 1.82) is 0 Å². The third kappa shape index (κ3) is 14.5. The van der Waals surface area contributed by atoms with Gasteiger partial charge in [-0.05, 0) is 117 Å². The number of hydrogen-bond donors (Lipinski definition) is 2. The average molecular weight is 991 g/mol. The van der Waals surface area contributed by atoms with E-state index in [1.807, 2.05) is 0 Å². The normalized spacial score (nSPS) is 15.8. The van der Waals surface area contributed by atoms with Gasteiger partial charge in [0.15, 0.2) is 0 Å². The molecule has 0 saturated carbocycles. The molecule has 0 amide bonds. The summed E-state index contributed by atoms with van der Waals surface area (Å²) in [6, 6.07) is 17.1. The Balaban J connectivity index is 0.000000254. The highest BCUT2D eigenvalue weighted by Gasteiger charge is 2.39. The van der Waals surface area contributed by atoms with Crippen LogP contribution >= 0.6 is 27.4 Å². The monoisotopic (exact) mass is 991 g/mol. The lowest BCUT2D eigenvalue weighted by molar-refractivity contribution is 0.278. The molecule has 2 aliphatic rings. The first-order valence-corrected chi connectivity index (χ1v) is 28.5. The zero-order valence-electron chi connectivity index (χ0n) is 45.1. The molecule has 0 unspecified atom stereocenters. The molecule has 0 bridgehead atoms. The molecule has 376 valence electrons. The molecule has 4 aromatic carbocycles. The topological polar surface area (TPSA) is 112 Å². The second-order valence-corrected chi connectivity index (χ2v) is 28.9. The van der Waals surface area contributed by atoms with Crippen LogP contribution in [0, 0.1) is 23.7 Å². The Morgan fingerprint density at radius 1 is 0.426 bits per heavy atom. The van der Waals surface area contributed by atoms with Crippen LogP contribution in [-0.2, 0) is 62.9 Å². The largest absolute Gasteiger partial charge is 0.584 e. The van der Waals surface area contributed by atoms with Crippen LogP contribution in [0.15, 0.2) is 58.3 Å². The minimum atomic E-state index is -4.41. The Hall–Kier alpha value is -3.19. The molecule has 8 nitrogen and oxygen atoms in total. The quantitative estimate of drug-likeness (QED) is 0.167. The summed E-state index contributed by atoms with van der Waals surface area (Å²) in [6.07, 6.45) is 4.33. The van der Waals surface area contributed by atoms with Gasteiger partial charge in [0.05, 0.1) is 9.79 Å². The van der Waals surface area contributed by atoms with Crippen LogP contribution in [0.25, 0.3) is 0 Å². The van der Waals surface area contributed by atoms with Crippen molar-refractivity contribution in [2.75, 3.05) is 0 Å². The Morgan fingerprint density at radius 2 is 0.662 bits per heavy atom. The molecule has 0 aromatic heterocycles. The third-order valence-corrected chi connectivity index (χ3v) is 14.6. The van der Waals surface area contributed by atoms with Gasteiger partial charge in [-0.15, -0.1) is 0 Å². The van der Waals surface area contributed by atoms with Gasteiger partial charge in [-0.2, -0.15) is 0 Å². The third-order valence-electron chi connectivity index (χ3n) is 11.9. The summed E-state index contributed by atoms with van der Waals surface area (Å²) < 4.78 is 50.0. The van der Waals surface area contributed by atoms with E-state index in [1.54, 1.807) is 11.8 Å². The van der Waals surface area contributed by atoms with Gasteiger partial charge in [-0.25, -0.2) is 9.13 Å². The van der Waals surface area contributed by atoms with E-state index in [0.29, 0.717) is 53.1 Å². The summed E-state index contributed by atoms with van der Waals surface area (Å²) in [7, 11) is -8.81. The number of phosphoric ester groups is 2. The maximum Gasteiger partial charge on any atom is 0.584 e.